The van der Waals surface area contributed by atoms with Crippen LogP contribution in [-0.2, 0) is 9.59 Å². The minimum Gasteiger partial charge on any atom is -0.482 e. The summed E-state index contributed by atoms with van der Waals surface area (Å²) in [6.45, 7) is 5.84. The smallest absolute Gasteiger partial charge is 0.277 e. The SMILES string of the molecule is Cc1c(Br)cc(C(C)C)c(OCC(=O)N/N=C2\C(=O)Nc3ccc(I)cc32)c1Br. The van der Waals surface area contributed by atoms with Crippen molar-refractivity contribution in [2.45, 2.75) is 26.7 Å². The van der Waals surface area contributed by atoms with Crippen LogP contribution in [0.5, 0.6) is 5.75 Å². The lowest BCUT2D eigenvalue weighted by atomic mass is 10.0. The predicted molar refractivity (Wildman–Crippen MR) is 129 cm³/mol. The molecule has 1 heterocycles. The first-order valence-electron chi connectivity index (χ1n) is 8.78. The number of hydrogen-bond donors (Lipinski definition) is 2. The van der Waals surface area contributed by atoms with E-state index in [1.165, 1.54) is 0 Å². The number of nitrogens with zero attached hydrogens (tertiary/aromatic N) is 1. The first kappa shape index (κ1) is 22.2. The molecule has 1 aliphatic heterocycles. The Morgan fingerprint density at radius 1 is 1.31 bits per heavy atom. The van der Waals surface area contributed by atoms with Crippen molar-refractivity contribution in [2.24, 2.45) is 5.10 Å². The van der Waals surface area contributed by atoms with Crippen LogP contribution < -0.4 is 15.5 Å². The number of carbonyl (C=O) groups is 2. The summed E-state index contributed by atoms with van der Waals surface area (Å²) < 4.78 is 8.54. The van der Waals surface area contributed by atoms with E-state index in [0.29, 0.717) is 17.0 Å². The fourth-order valence-electron chi connectivity index (χ4n) is 2.81. The van der Waals surface area contributed by atoms with Crippen molar-refractivity contribution in [3.8, 4) is 5.75 Å². The van der Waals surface area contributed by atoms with Crippen molar-refractivity contribution >= 4 is 77.7 Å². The van der Waals surface area contributed by atoms with Gasteiger partial charge in [-0.2, -0.15) is 5.10 Å². The Bertz CT molecular complexity index is 1040. The van der Waals surface area contributed by atoms with Gasteiger partial charge in [-0.15, -0.1) is 0 Å². The van der Waals surface area contributed by atoms with Crippen LogP contribution in [0.15, 0.2) is 38.3 Å². The van der Waals surface area contributed by atoms with Crippen LogP contribution >= 0.6 is 54.5 Å². The van der Waals surface area contributed by atoms with Crippen LogP contribution in [-0.4, -0.2) is 24.1 Å². The summed E-state index contributed by atoms with van der Waals surface area (Å²) in [5, 5.41) is 6.74. The summed E-state index contributed by atoms with van der Waals surface area (Å²) in [5.41, 5.74) is 5.90. The highest BCUT2D eigenvalue weighted by Crippen LogP contribution is 2.40. The molecule has 0 aromatic heterocycles. The second-order valence-electron chi connectivity index (χ2n) is 6.80. The Kier molecular flexibility index (Phi) is 7.00. The van der Waals surface area contributed by atoms with Gasteiger partial charge in [-0.1, -0.05) is 29.8 Å². The molecule has 1 aliphatic rings. The molecule has 0 saturated carbocycles. The van der Waals surface area contributed by atoms with Gasteiger partial charge in [-0.3, -0.25) is 9.59 Å². The Balaban J connectivity index is 1.74. The number of halogens is 3. The Morgan fingerprint density at radius 2 is 2.03 bits per heavy atom. The van der Waals surface area contributed by atoms with E-state index in [-0.39, 0.29) is 24.1 Å². The predicted octanol–water partition coefficient (Wildman–Crippen LogP) is 5.10. The Hall–Kier alpha value is -1.46. The fourth-order valence-corrected chi connectivity index (χ4v) is 4.57. The minimum atomic E-state index is -0.452. The zero-order valence-electron chi connectivity index (χ0n) is 15.9. The molecule has 9 heteroatoms. The summed E-state index contributed by atoms with van der Waals surface area (Å²) in [7, 11) is 0. The number of fused-ring (bicyclic) bond motifs is 1. The Labute approximate surface area is 199 Å². The van der Waals surface area contributed by atoms with Gasteiger partial charge in [0.15, 0.2) is 12.3 Å². The number of rotatable bonds is 5. The van der Waals surface area contributed by atoms with Gasteiger partial charge >= 0.3 is 0 Å². The molecule has 29 heavy (non-hydrogen) atoms. The van der Waals surface area contributed by atoms with Crippen LogP contribution in [0.25, 0.3) is 0 Å². The average molecular weight is 635 g/mol. The first-order valence-corrected chi connectivity index (χ1v) is 11.4. The van der Waals surface area contributed by atoms with Crippen LogP contribution in [0.4, 0.5) is 5.69 Å². The molecule has 2 aromatic rings. The van der Waals surface area contributed by atoms with Crippen molar-refractivity contribution < 1.29 is 14.3 Å². The summed E-state index contributed by atoms with van der Waals surface area (Å²) in [6, 6.07) is 7.54. The van der Waals surface area contributed by atoms with Gasteiger partial charge in [0.2, 0.25) is 0 Å². The number of hydrazone groups is 1. The van der Waals surface area contributed by atoms with Crippen molar-refractivity contribution in [3.05, 3.63) is 53.5 Å². The molecule has 2 N–H and O–H groups in total. The average Bonchev–Trinajstić information content (AvgIpc) is 2.97. The molecule has 0 saturated heterocycles. The normalized spacial score (nSPS) is 14.2. The van der Waals surface area contributed by atoms with Crippen LogP contribution in [0.1, 0.15) is 36.5 Å². The van der Waals surface area contributed by atoms with Crippen LogP contribution in [0.2, 0.25) is 0 Å². The van der Waals surface area contributed by atoms with Gasteiger partial charge in [-0.25, -0.2) is 5.43 Å². The van der Waals surface area contributed by atoms with Gasteiger partial charge in [0.25, 0.3) is 11.8 Å². The summed E-state index contributed by atoms with van der Waals surface area (Å²) >= 11 is 9.26. The maximum Gasteiger partial charge on any atom is 0.277 e. The van der Waals surface area contributed by atoms with E-state index in [4.69, 9.17) is 4.74 Å². The second kappa shape index (κ2) is 9.13. The van der Waals surface area contributed by atoms with Gasteiger partial charge in [-0.05, 0) is 86.8 Å². The maximum absolute atomic E-state index is 12.3. The first-order chi connectivity index (χ1) is 13.7. The van der Waals surface area contributed by atoms with Gasteiger partial charge in [0.05, 0.1) is 10.2 Å². The third-order valence-electron chi connectivity index (χ3n) is 4.39. The molecular weight excluding hydrogens is 617 g/mol. The van der Waals surface area contributed by atoms with E-state index >= 15 is 0 Å². The lowest BCUT2D eigenvalue weighted by molar-refractivity contribution is -0.123. The van der Waals surface area contributed by atoms with Crippen LogP contribution in [0.3, 0.4) is 0 Å². The van der Waals surface area contributed by atoms with E-state index in [9.17, 15) is 9.59 Å². The third kappa shape index (κ3) is 4.83. The molecule has 2 amide bonds. The largest absolute Gasteiger partial charge is 0.482 e. The summed E-state index contributed by atoms with van der Waals surface area (Å²) in [4.78, 5) is 24.4. The highest BCUT2D eigenvalue weighted by molar-refractivity contribution is 14.1. The molecular formula is C20H18Br2IN3O3. The van der Waals surface area contributed by atoms with Gasteiger partial charge < -0.3 is 10.1 Å². The van der Waals surface area contributed by atoms with E-state index < -0.39 is 5.91 Å². The van der Waals surface area contributed by atoms with Gasteiger partial charge in [0, 0.05) is 13.6 Å². The number of anilines is 1. The quantitative estimate of drug-likeness (QED) is 0.355. The maximum atomic E-state index is 12.3. The highest BCUT2D eigenvalue weighted by Gasteiger charge is 2.26. The molecule has 2 aromatic carbocycles. The fraction of sp³-hybridized carbons (Fsp3) is 0.250. The topological polar surface area (TPSA) is 79.8 Å². The molecule has 0 unspecified atom stereocenters. The van der Waals surface area contributed by atoms with E-state index in [0.717, 1.165) is 23.6 Å². The second-order valence-corrected chi connectivity index (χ2v) is 9.69. The van der Waals surface area contributed by atoms with Crippen molar-refractivity contribution in [1.82, 2.24) is 5.43 Å². The molecule has 3 rings (SSSR count). The zero-order valence-corrected chi connectivity index (χ0v) is 21.2. The molecule has 152 valence electrons. The number of carbonyl (C=O) groups excluding carboxylic acids is 2. The molecule has 0 spiro atoms. The number of ether oxygens (including phenoxy) is 1. The van der Waals surface area contributed by atoms with Crippen LogP contribution in [0, 0.1) is 10.5 Å². The number of nitrogens with one attached hydrogen (secondary N) is 2. The molecule has 0 radical (unpaired) electrons. The molecule has 6 nitrogen and oxygen atoms in total. The lowest BCUT2D eigenvalue weighted by Crippen LogP contribution is -2.28. The van der Waals surface area contributed by atoms with E-state index in [1.807, 2.05) is 31.2 Å². The Morgan fingerprint density at radius 3 is 2.72 bits per heavy atom. The van der Waals surface area contributed by atoms with Gasteiger partial charge in [0.1, 0.15) is 5.75 Å². The molecule has 0 fully saturated rings. The molecule has 0 atom stereocenters. The standard InChI is InChI=1S/C20H18Br2IN3O3/c1-9(2)12-7-14(21)10(3)17(22)19(12)29-8-16(27)25-26-18-13-6-11(23)4-5-15(13)24-20(18)28/h4-7,9H,8H2,1-3H3,(H,25,27)(H,24,26,28). The number of amides is 2. The van der Waals surface area contributed by atoms with Crippen molar-refractivity contribution in [2.75, 3.05) is 11.9 Å². The lowest BCUT2D eigenvalue weighted by Gasteiger charge is -2.18. The van der Waals surface area contributed by atoms with E-state index in [2.05, 4.69) is 84.1 Å². The monoisotopic (exact) mass is 633 g/mol. The summed E-state index contributed by atoms with van der Waals surface area (Å²) in [6.07, 6.45) is 0. The minimum absolute atomic E-state index is 0.176. The summed E-state index contributed by atoms with van der Waals surface area (Å²) in [5.74, 6) is 0.0350. The van der Waals surface area contributed by atoms with E-state index in [1.54, 1.807) is 0 Å². The highest BCUT2D eigenvalue weighted by atomic mass is 127. The molecule has 0 bridgehead atoms. The number of benzene rings is 2. The molecule has 0 aliphatic carbocycles. The number of hydrogen-bond acceptors (Lipinski definition) is 4. The zero-order chi connectivity index (χ0) is 21.3. The van der Waals surface area contributed by atoms with Crippen molar-refractivity contribution in [1.29, 1.82) is 0 Å². The van der Waals surface area contributed by atoms with Crippen molar-refractivity contribution in [3.63, 3.8) is 0 Å². The third-order valence-corrected chi connectivity index (χ3v) is 6.84.